The van der Waals surface area contributed by atoms with E-state index in [1.165, 1.54) is 33.6 Å². The zero-order chi connectivity index (χ0) is 23.9. The number of nitrogens with zero attached hydrogens (tertiary/aromatic N) is 3. The predicted octanol–water partition coefficient (Wildman–Crippen LogP) is 1.96. The summed E-state index contributed by atoms with van der Waals surface area (Å²) in [7, 11) is -10.9. The van der Waals surface area contributed by atoms with Gasteiger partial charge in [0.2, 0.25) is 0 Å². The Morgan fingerprint density at radius 2 is 1.26 bits per heavy atom. The monoisotopic (exact) mass is 551 g/mol. The van der Waals surface area contributed by atoms with Crippen molar-refractivity contribution in [2.75, 3.05) is 0 Å². The molecule has 170 valence electrons. The molecule has 0 spiro atoms. The molecule has 0 saturated carbocycles. The van der Waals surface area contributed by atoms with Crippen LogP contribution in [0.15, 0.2) is 32.7 Å². The first-order chi connectivity index (χ1) is 14.2. The fourth-order valence-electron chi connectivity index (χ4n) is 1.47. The standard InChI is InChI=1S/C4H2ClNOS.C4H7NO7P2S.C4H3NO2S/c5-4(7)3-1-8-2-6-3;6-4(13(7,8)9,14(10,11)12)3-1-15-2-5-3;6-4(7)3-1-8-2-5-3/h1-2H;1-2,6H,(H2,7,8,9)(H2,10,11,12);1-2H,(H,6,7). The van der Waals surface area contributed by atoms with Crippen LogP contribution in [0.25, 0.3) is 0 Å². The van der Waals surface area contributed by atoms with Gasteiger partial charge in [0.05, 0.1) is 16.5 Å². The molecule has 0 amide bonds. The van der Waals surface area contributed by atoms with E-state index in [9.17, 15) is 23.8 Å². The van der Waals surface area contributed by atoms with Gasteiger partial charge in [0.1, 0.15) is 11.4 Å². The Morgan fingerprint density at radius 3 is 1.48 bits per heavy atom. The van der Waals surface area contributed by atoms with Gasteiger partial charge in [-0.3, -0.25) is 13.9 Å². The number of carboxylic acid groups (broad SMARTS) is 1. The van der Waals surface area contributed by atoms with Crippen molar-refractivity contribution in [3.8, 4) is 0 Å². The van der Waals surface area contributed by atoms with Gasteiger partial charge in [-0.25, -0.2) is 19.7 Å². The highest BCUT2D eigenvalue weighted by molar-refractivity contribution is 7.71. The Labute approximate surface area is 190 Å². The average Bonchev–Trinajstić information content (AvgIpc) is 3.44. The summed E-state index contributed by atoms with van der Waals surface area (Å²) in [5.74, 6) is -0.966. The first-order valence-electron chi connectivity index (χ1n) is 7.13. The van der Waals surface area contributed by atoms with E-state index in [2.05, 4.69) is 15.0 Å². The summed E-state index contributed by atoms with van der Waals surface area (Å²) < 4.78 is 21.8. The number of hydrogen-bond acceptors (Lipinski definition) is 11. The second-order valence-corrected chi connectivity index (χ2v) is 11.2. The average molecular weight is 552 g/mol. The Hall–Kier alpha value is -1.42. The van der Waals surface area contributed by atoms with Crippen molar-refractivity contribution in [2.45, 2.75) is 5.08 Å². The van der Waals surface area contributed by atoms with E-state index < -0.39 is 37.2 Å². The number of aromatic nitrogens is 3. The maximum atomic E-state index is 10.9. The highest BCUT2D eigenvalue weighted by Gasteiger charge is 2.62. The number of carbonyl (C=O) groups excluding carboxylic acids is 1. The molecule has 3 aromatic heterocycles. The molecule has 19 heteroatoms. The van der Waals surface area contributed by atoms with E-state index in [0.717, 1.165) is 22.2 Å². The third-order valence-corrected chi connectivity index (χ3v) is 8.47. The lowest BCUT2D eigenvalue weighted by atomic mass is 10.5. The van der Waals surface area contributed by atoms with Crippen molar-refractivity contribution < 1.29 is 48.5 Å². The van der Waals surface area contributed by atoms with Crippen LogP contribution in [-0.4, -0.2) is 56.0 Å². The topological polar surface area (TPSA) is 228 Å². The number of halogens is 1. The van der Waals surface area contributed by atoms with Gasteiger partial charge in [0.15, 0.2) is 5.69 Å². The van der Waals surface area contributed by atoms with Crippen molar-refractivity contribution in [1.82, 2.24) is 15.0 Å². The van der Waals surface area contributed by atoms with Crippen LogP contribution in [0, 0.1) is 0 Å². The van der Waals surface area contributed by atoms with Crippen LogP contribution in [-0.2, 0) is 14.2 Å². The van der Waals surface area contributed by atoms with Gasteiger partial charge in [-0.1, -0.05) is 0 Å². The van der Waals surface area contributed by atoms with Gasteiger partial charge in [-0.15, -0.1) is 34.0 Å². The van der Waals surface area contributed by atoms with Crippen molar-refractivity contribution >= 4 is 72.0 Å². The molecule has 13 nitrogen and oxygen atoms in total. The van der Waals surface area contributed by atoms with E-state index in [4.69, 9.17) is 36.3 Å². The quantitative estimate of drug-likeness (QED) is 0.197. The fourth-order valence-corrected chi connectivity index (χ4v) is 5.67. The molecule has 0 aliphatic rings. The molecule has 0 aliphatic carbocycles. The summed E-state index contributed by atoms with van der Waals surface area (Å²) in [6, 6.07) is 0. The Bertz CT molecular complexity index is 1000. The molecule has 0 fully saturated rings. The fraction of sp³-hybridized carbons (Fsp3) is 0.0833. The first kappa shape index (κ1) is 27.6. The maximum Gasteiger partial charge on any atom is 0.375 e. The normalized spacial score (nSPS) is 11.5. The molecule has 0 saturated heterocycles. The van der Waals surface area contributed by atoms with Crippen LogP contribution in [0.2, 0.25) is 0 Å². The number of hydrogen-bond donors (Lipinski definition) is 6. The lowest BCUT2D eigenvalue weighted by molar-refractivity contribution is 0.0691. The molecule has 3 aromatic rings. The molecule has 6 N–H and O–H groups in total. The lowest BCUT2D eigenvalue weighted by Gasteiger charge is -2.27. The second-order valence-electron chi connectivity index (χ2n) is 4.92. The van der Waals surface area contributed by atoms with Gasteiger partial charge >= 0.3 is 26.2 Å². The predicted molar refractivity (Wildman–Crippen MR) is 111 cm³/mol. The first-order valence-corrected chi connectivity index (χ1v) is 13.6. The van der Waals surface area contributed by atoms with Crippen molar-refractivity contribution in [1.29, 1.82) is 0 Å². The number of thiazole rings is 3. The van der Waals surface area contributed by atoms with E-state index in [0.29, 0.717) is 5.69 Å². The third kappa shape index (κ3) is 7.59. The number of carboxylic acids is 1. The minimum Gasteiger partial charge on any atom is -0.476 e. The lowest BCUT2D eigenvalue weighted by Crippen LogP contribution is -2.26. The molecule has 0 unspecified atom stereocenters. The third-order valence-electron chi connectivity index (χ3n) is 2.87. The van der Waals surface area contributed by atoms with Gasteiger partial charge < -0.3 is 29.8 Å². The molecular weight excluding hydrogens is 540 g/mol. The maximum absolute atomic E-state index is 10.9. The molecule has 0 radical (unpaired) electrons. The molecular formula is C12H12ClN3O10P2S3. The summed E-state index contributed by atoms with van der Waals surface area (Å²) in [4.78, 5) is 65.8. The van der Waals surface area contributed by atoms with Crippen LogP contribution in [0.5, 0.6) is 0 Å². The van der Waals surface area contributed by atoms with Crippen LogP contribution < -0.4 is 0 Å². The second kappa shape index (κ2) is 11.4. The molecule has 31 heavy (non-hydrogen) atoms. The van der Waals surface area contributed by atoms with Crippen LogP contribution in [0.4, 0.5) is 0 Å². The van der Waals surface area contributed by atoms with Crippen LogP contribution in [0.1, 0.15) is 26.7 Å². The summed E-state index contributed by atoms with van der Waals surface area (Å²) in [6.45, 7) is 0. The van der Waals surface area contributed by atoms with E-state index in [1.807, 2.05) is 0 Å². The largest absolute Gasteiger partial charge is 0.476 e. The van der Waals surface area contributed by atoms with Gasteiger partial charge in [-0.05, 0) is 11.6 Å². The van der Waals surface area contributed by atoms with Crippen molar-refractivity contribution in [3.05, 3.63) is 49.8 Å². The van der Waals surface area contributed by atoms with E-state index >= 15 is 0 Å². The molecule has 0 atom stereocenters. The number of rotatable bonds is 5. The Balaban J connectivity index is 0.000000253. The van der Waals surface area contributed by atoms with E-state index in [1.54, 1.807) is 10.9 Å². The summed E-state index contributed by atoms with van der Waals surface area (Å²) in [6.07, 6.45) is 0. The summed E-state index contributed by atoms with van der Waals surface area (Å²) >= 11 is 8.52. The summed E-state index contributed by atoms with van der Waals surface area (Å²) in [5, 5.41) is 17.7. The molecule has 0 aromatic carbocycles. The number of aromatic carboxylic acids is 1. The van der Waals surface area contributed by atoms with Crippen LogP contribution in [0.3, 0.4) is 0 Å². The van der Waals surface area contributed by atoms with Gasteiger partial charge in [-0.2, -0.15) is 0 Å². The Kier molecular flexibility index (Phi) is 10.2. The van der Waals surface area contributed by atoms with Crippen molar-refractivity contribution in [3.63, 3.8) is 0 Å². The molecule has 3 rings (SSSR count). The smallest absolute Gasteiger partial charge is 0.375 e. The summed E-state index contributed by atoms with van der Waals surface area (Å²) in [5.41, 5.74) is 3.85. The zero-order valence-corrected chi connectivity index (χ0v) is 19.6. The molecule has 0 aliphatic heterocycles. The highest BCUT2D eigenvalue weighted by Crippen LogP contribution is 2.72. The highest BCUT2D eigenvalue weighted by atomic mass is 35.5. The minimum absolute atomic E-state index is 0.120. The Morgan fingerprint density at radius 1 is 0.839 bits per heavy atom. The van der Waals surface area contributed by atoms with Crippen LogP contribution >= 0.6 is 60.8 Å². The minimum atomic E-state index is -5.46. The zero-order valence-electron chi connectivity index (χ0n) is 14.6. The molecule has 0 bridgehead atoms. The molecule has 3 heterocycles. The van der Waals surface area contributed by atoms with Crippen molar-refractivity contribution in [2.24, 2.45) is 0 Å². The SMILES string of the molecule is O=C(Cl)c1cscn1.O=C(O)c1cscn1.O=P(O)(O)C(O)(c1cscn1)P(=O)(O)O. The van der Waals surface area contributed by atoms with Gasteiger partial charge in [0, 0.05) is 16.1 Å². The van der Waals surface area contributed by atoms with Gasteiger partial charge in [0.25, 0.3) is 5.24 Å². The van der Waals surface area contributed by atoms with E-state index in [-0.39, 0.29) is 5.69 Å². The number of aliphatic hydroxyl groups is 1. The number of carbonyl (C=O) groups is 2.